The van der Waals surface area contributed by atoms with Gasteiger partial charge in [-0.15, -0.1) is 0 Å². The van der Waals surface area contributed by atoms with Crippen molar-refractivity contribution in [2.45, 2.75) is 13.0 Å². The summed E-state index contributed by atoms with van der Waals surface area (Å²) in [5.41, 5.74) is 5.02. The van der Waals surface area contributed by atoms with Crippen molar-refractivity contribution in [3.63, 3.8) is 0 Å². The van der Waals surface area contributed by atoms with Gasteiger partial charge in [0.2, 0.25) is 5.91 Å². The van der Waals surface area contributed by atoms with Gasteiger partial charge in [-0.3, -0.25) is 25.2 Å². The number of nitrogens with one attached hydrogen (secondary N) is 3. The average molecular weight is 380 g/mol. The van der Waals surface area contributed by atoms with Crippen LogP contribution in [-0.4, -0.2) is 17.7 Å². The van der Waals surface area contributed by atoms with Gasteiger partial charge < -0.3 is 9.73 Å². The highest BCUT2D eigenvalue weighted by atomic mass is 79.9. The number of furan rings is 1. The summed E-state index contributed by atoms with van der Waals surface area (Å²) in [5, 5.41) is 2.36. The van der Waals surface area contributed by atoms with Crippen molar-refractivity contribution >= 4 is 33.7 Å². The maximum Gasteiger partial charge on any atom is 0.327 e. The molecule has 0 fully saturated rings. The number of hydrogen-bond donors (Lipinski definition) is 3. The Morgan fingerprint density at radius 1 is 1.00 bits per heavy atom. The quantitative estimate of drug-likeness (QED) is 0.545. The molecule has 0 atom stereocenters. The van der Waals surface area contributed by atoms with E-state index in [1.165, 1.54) is 6.26 Å². The largest absolute Gasteiger partial charge is 0.467 e. The molecule has 0 unspecified atom stereocenters. The molecule has 0 saturated heterocycles. The van der Waals surface area contributed by atoms with E-state index in [0.29, 0.717) is 5.76 Å². The molecule has 1 aromatic heterocycles. The number of carbonyl (C=O) groups is 3. The SMILES string of the molecule is O=C(Cc1ccc(Br)cc1)NNC(=O)C(=O)NCc1ccco1. The second kappa shape index (κ2) is 8.14. The van der Waals surface area contributed by atoms with Crippen molar-refractivity contribution in [2.24, 2.45) is 0 Å². The molecule has 8 heteroatoms. The number of hydrogen-bond acceptors (Lipinski definition) is 4. The maximum atomic E-state index is 11.7. The van der Waals surface area contributed by atoms with E-state index in [-0.39, 0.29) is 13.0 Å². The van der Waals surface area contributed by atoms with Crippen LogP contribution < -0.4 is 16.2 Å². The highest BCUT2D eigenvalue weighted by Crippen LogP contribution is 2.10. The summed E-state index contributed by atoms with van der Waals surface area (Å²) in [4.78, 5) is 34.7. The minimum Gasteiger partial charge on any atom is -0.467 e. The Hall–Kier alpha value is -2.61. The van der Waals surface area contributed by atoms with Crippen LogP contribution in [0.5, 0.6) is 0 Å². The Balaban J connectivity index is 1.71. The van der Waals surface area contributed by atoms with E-state index in [0.717, 1.165) is 10.0 Å². The predicted molar refractivity (Wildman–Crippen MR) is 84.7 cm³/mol. The third-order valence-corrected chi connectivity index (χ3v) is 3.33. The summed E-state index contributed by atoms with van der Waals surface area (Å²) in [5.74, 6) is -1.74. The Morgan fingerprint density at radius 3 is 2.39 bits per heavy atom. The molecule has 3 N–H and O–H groups in total. The fourth-order valence-electron chi connectivity index (χ4n) is 1.68. The molecule has 3 amide bonds. The summed E-state index contributed by atoms with van der Waals surface area (Å²) >= 11 is 3.30. The smallest absolute Gasteiger partial charge is 0.327 e. The molecule has 0 bridgehead atoms. The van der Waals surface area contributed by atoms with E-state index in [1.54, 1.807) is 24.3 Å². The molecule has 2 rings (SSSR count). The van der Waals surface area contributed by atoms with Crippen molar-refractivity contribution in [1.82, 2.24) is 16.2 Å². The second-order valence-corrected chi connectivity index (χ2v) is 5.48. The molecule has 7 nitrogen and oxygen atoms in total. The number of benzene rings is 1. The van der Waals surface area contributed by atoms with Gasteiger partial charge in [0.25, 0.3) is 0 Å². The van der Waals surface area contributed by atoms with Crippen molar-refractivity contribution < 1.29 is 18.8 Å². The third kappa shape index (κ3) is 5.59. The molecule has 0 radical (unpaired) electrons. The Kier molecular flexibility index (Phi) is 5.93. The van der Waals surface area contributed by atoms with Crippen LogP contribution in [0.1, 0.15) is 11.3 Å². The van der Waals surface area contributed by atoms with Crippen LogP contribution in [-0.2, 0) is 27.3 Å². The Bertz CT molecular complexity index is 683. The summed E-state index contributed by atoms with van der Waals surface area (Å²) in [6, 6.07) is 10.5. The Labute approximate surface area is 140 Å². The first kappa shape index (κ1) is 16.8. The van der Waals surface area contributed by atoms with Gasteiger partial charge in [-0.25, -0.2) is 0 Å². The van der Waals surface area contributed by atoms with Crippen molar-refractivity contribution in [2.75, 3.05) is 0 Å². The third-order valence-electron chi connectivity index (χ3n) is 2.80. The van der Waals surface area contributed by atoms with Gasteiger partial charge in [-0.05, 0) is 29.8 Å². The molecule has 2 aromatic rings. The van der Waals surface area contributed by atoms with Gasteiger partial charge in [0.15, 0.2) is 0 Å². The molecule has 0 aliphatic carbocycles. The number of amides is 3. The van der Waals surface area contributed by atoms with Crippen molar-refractivity contribution in [3.05, 3.63) is 58.5 Å². The van der Waals surface area contributed by atoms with Crippen LogP contribution in [0.25, 0.3) is 0 Å². The monoisotopic (exact) mass is 379 g/mol. The Morgan fingerprint density at radius 2 is 1.74 bits per heavy atom. The zero-order chi connectivity index (χ0) is 16.7. The number of hydrazine groups is 1. The lowest BCUT2D eigenvalue weighted by molar-refractivity contribution is -0.141. The van der Waals surface area contributed by atoms with Gasteiger partial charge in [0, 0.05) is 4.47 Å². The van der Waals surface area contributed by atoms with Crippen LogP contribution in [0.15, 0.2) is 51.6 Å². The minimum atomic E-state index is -0.958. The first-order valence-corrected chi connectivity index (χ1v) is 7.48. The van der Waals surface area contributed by atoms with Crippen LogP contribution in [0, 0.1) is 0 Å². The fourth-order valence-corrected chi connectivity index (χ4v) is 1.94. The standard InChI is InChI=1S/C15H14BrN3O4/c16-11-5-3-10(4-6-11)8-13(20)18-19-15(22)14(21)17-9-12-2-1-7-23-12/h1-7H,8-9H2,(H,17,21)(H,18,20)(H,19,22). The molecule has 1 aromatic carbocycles. The lowest BCUT2D eigenvalue weighted by atomic mass is 10.1. The summed E-state index contributed by atoms with van der Waals surface area (Å²) in [7, 11) is 0. The van der Waals surface area contributed by atoms with E-state index in [4.69, 9.17) is 4.42 Å². The zero-order valence-corrected chi connectivity index (χ0v) is 13.6. The second-order valence-electron chi connectivity index (χ2n) is 4.57. The van der Waals surface area contributed by atoms with Gasteiger partial charge >= 0.3 is 11.8 Å². The van der Waals surface area contributed by atoms with E-state index in [1.807, 2.05) is 12.1 Å². The summed E-state index contributed by atoms with van der Waals surface area (Å²) < 4.78 is 5.92. The normalized spacial score (nSPS) is 9.96. The number of rotatable bonds is 4. The predicted octanol–water partition coefficient (Wildman–Crippen LogP) is 1.05. The van der Waals surface area contributed by atoms with Crippen LogP contribution >= 0.6 is 15.9 Å². The van der Waals surface area contributed by atoms with E-state index in [2.05, 4.69) is 32.1 Å². The van der Waals surface area contributed by atoms with E-state index in [9.17, 15) is 14.4 Å². The number of halogens is 1. The number of carbonyl (C=O) groups excluding carboxylic acids is 3. The van der Waals surface area contributed by atoms with Gasteiger partial charge in [-0.2, -0.15) is 0 Å². The highest BCUT2D eigenvalue weighted by molar-refractivity contribution is 9.10. The molecule has 0 aliphatic heterocycles. The molecular weight excluding hydrogens is 366 g/mol. The van der Waals surface area contributed by atoms with Crippen LogP contribution in [0.2, 0.25) is 0 Å². The molecule has 0 saturated carbocycles. The lowest BCUT2D eigenvalue weighted by Crippen LogP contribution is -2.48. The van der Waals surface area contributed by atoms with Crippen molar-refractivity contribution in [3.8, 4) is 0 Å². The topological polar surface area (TPSA) is 100 Å². The molecule has 23 heavy (non-hydrogen) atoms. The summed E-state index contributed by atoms with van der Waals surface area (Å²) in [6.07, 6.45) is 1.55. The minimum absolute atomic E-state index is 0.0849. The molecule has 120 valence electrons. The molecular formula is C15H14BrN3O4. The maximum absolute atomic E-state index is 11.7. The van der Waals surface area contributed by atoms with Crippen LogP contribution in [0.3, 0.4) is 0 Å². The van der Waals surface area contributed by atoms with Gasteiger partial charge in [0.05, 0.1) is 19.2 Å². The van der Waals surface area contributed by atoms with E-state index < -0.39 is 17.7 Å². The molecule has 0 spiro atoms. The van der Waals surface area contributed by atoms with Gasteiger partial charge in [-0.1, -0.05) is 28.1 Å². The molecule has 1 heterocycles. The van der Waals surface area contributed by atoms with Gasteiger partial charge in [0.1, 0.15) is 5.76 Å². The lowest BCUT2D eigenvalue weighted by Gasteiger charge is -2.07. The molecule has 0 aliphatic rings. The average Bonchev–Trinajstić information content (AvgIpc) is 3.06. The summed E-state index contributed by atoms with van der Waals surface area (Å²) in [6.45, 7) is 0.0894. The first-order chi connectivity index (χ1) is 11.0. The van der Waals surface area contributed by atoms with Crippen molar-refractivity contribution in [1.29, 1.82) is 0 Å². The van der Waals surface area contributed by atoms with Crippen LogP contribution in [0.4, 0.5) is 0 Å². The zero-order valence-electron chi connectivity index (χ0n) is 12.0. The fraction of sp³-hybridized carbons (Fsp3) is 0.133. The first-order valence-electron chi connectivity index (χ1n) is 6.68. The van der Waals surface area contributed by atoms with E-state index >= 15 is 0 Å². The highest BCUT2D eigenvalue weighted by Gasteiger charge is 2.14.